The summed E-state index contributed by atoms with van der Waals surface area (Å²) in [5, 5.41) is 0. The Labute approximate surface area is 124 Å². The predicted molar refractivity (Wildman–Crippen MR) is 77.5 cm³/mol. The predicted octanol–water partition coefficient (Wildman–Crippen LogP) is 1.76. The second kappa shape index (κ2) is 7.78. The van der Waals surface area contributed by atoms with Crippen LogP contribution in [0, 0.1) is 0 Å². The highest BCUT2D eigenvalue weighted by Crippen LogP contribution is 2.18. The fourth-order valence-electron chi connectivity index (χ4n) is 2.52. The summed E-state index contributed by atoms with van der Waals surface area (Å²) >= 11 is 0. The number of hydrogen-bond donors (Lipinski definition) is 0. The Morgan fingerprint density at radius 1 is 1.24 bits per heavy atom. The van der Waals surface area contributed by atoms with Gasteiger partial charge in [-0.3, -0.25) is 4.79 Å². The van der Waals surface area contributed by atoms with Gasteiger partial charge in [0.2, 0.25) is 5.91 Å². The van der Waals surface area contributed by atoms with Gasteiger partial charge in [0, 0.05) is 6.54 Å². The van der Waals surface area contributed by atoms with Crippen molar-refractivity contribution in [3.05, 3.63) is 35.9 Å². The fourth-order valence-corrected chi connectivity index (χ4v) is 2.52. The van der Waals surface area contributed by atoms with Crippen molar-refractivity contribution in [1.82, 2.24) is 4.90 Å². The number of ether oxygens (including phenoxy) is 2. The van der Waals surface area contributed by atoms with Gasteiger partial charge in [-0.25, -0.2) is 4.79 Å². The molecule has 1 aliphatic rings. The Morgan fingerprint density at radius 3 is 2.71 bits per heavy atom. The molecule has 5 nitrogen and oxygen atoms in total. The third kappa shape index (κ3) is 4.29. The Bertz CT molecular complexity index is 474. The molecule has 0 saturated carbocycles. The van der Waals surface area contributed by atoms with Gasteiger partial charge in [-0.2, -0.15) is 0 Å². The maximum absolute atomic E-state index is 12.2. The first-order chi connectivity index (χ1) is 10.2. The number of carbonyl (C=O) groups is 2. The van der Waals surface area contributed by atoms with Crippen LogP contribution in [0.2, 0.25) is 0 Å². The van der Waals surface area contributed by atoms with Gasteiger partial charge in [0.1, 0.15) is 12.6 Å². The van der Waals surface area contributed by atoms with Crippen molar-refractivity contribution in [3.63, 3.8) is 0 Å². The van der Waals surface area contributed by atoms with Crippen molar-refractivity contribution < 1.29 is 19.1 Å². The largest absolute Gasteiger partial charge is 0.467 e. The molecule has 1 aromatic carbocycles. The summed E-state index contributed by atoms with van der Waals surface area (Å²) in [5.74, 6) is -0.493. The third-order valence-electron chi connectivity index (χ3n) is 3.63. The third-order valence-corrected chi connectivity index (χ3v) is 3.63. The van der Waals surface area contributed by atoms with Crippen molar-refractivity contribution in [2.24, 2.45) is 0 Å². The van der Waals surface area contributed by atoms with Crippen molar-refractivity contribution in [3.8, 4) is 0 Å². The molecule has 0 unspecified atom stereocenters. The van der Waals surface area contributed by atoms with Gasteiger partial charge in [0.15, 0.2) is 0 Å². The minimum atomic E-state index is -0.462. The van der Waals surface area contributed by atoms with Crippen LogP contribution in [0.15, 0.2) is 30.3 Å². The molecule has 0 radical (unpaired) electrons. The summed E-state index contributed by atoms with van der Waals surface area (Å²) in [5.41, 5.74) is 1.02. The SMILES string of the molecule is COC(=O)[C@H]1CCCCN1C(=O)COCc1ccccc1. The zero-order valence-electron chi connectivity index (χ0n) is 12.3. The summed E-state index contributed by atoms with van der Waals surface area (Å²) < 4.78 is 10.2. The molecule has 0 aromatic heterocycles. The standard InChI is InChI=1S/C16H21NO4/c1-20-16(19)14-9-5-6-10-17(14)15(18)12-21-11-13-7-3-2-4-8-13/h2-4,7-8,14H,5-6,9-12H2,1H3/t14-/m1/s1. The Morgan fingerprint density at radius 2 is 2.00 bits per heavy atom. The highest BCUT2D eigenvalue weighted by Gasteiger charge is 2.32. The fraction of sp³-hybridized carbons (Fsp3) is 0.500. The van der Waals surface area contributed by atoms with Crippen LogP contribution in [0.1, 0.15) is 24.8 Å². The van der Waals surface area contributed by atoms with Gasteiger partial charge < -0.3 is 14.4 Å². The minimum Gasteiger partial charge on any atom is -0.467 e. The van der Waals surface area contributed by atoms with Crippen LogP contribution in [0.5, 0.6) is 0 Å². The average Bonchev–Trinajstić information content (AvgIpc) is 2.55. The Kier molecular flexibility index (Phi) is 5.75. The van der Waals surface area contributed by atoms with Crippen LogP contribution in [0.3, 0.4) is 0 Å². The number of amides is 1. The van der Waals surface area contributed by atoms with E-state index in [2.05, 4.69) is 0 Å². The number of rotatable bonds is 5. The molecule has 1 heterocycles. The van der Waals surface area contributed by atoms with Crippen LogP contribution >= 0.6 is 0 Å². The van der Waals surface area contributed by atoms with Gasteiger partial charge in [0.05, 0.1) is 13.7 Å². The number of likely N-dealkylation sites (tertiary alicyclic amines) is 1. The number of benzene rings is 1. The van der Waals surface area contributed by atoms with Crippen LogP contribution in [0.4, 0.5) is 0 Å². The van der Waals surface area contributed by atoms with Crippen molar-refractivity contribution in [1.29, 1.82) is 0 Å². The Hall–Kier alpha value is -1.88. The molecule has 0 bridgehead atoms. The molecule has 1 atom stereocenters. The van der Waals surface area contributed by atoms with E-state index in [1.807, 2.05) is 30.3 Å². The molecule has 21 heavy (non-hydrogen) atoms. The van der Waals surface area contributed by atoms with Gasteiger partial charge in [-0.15, -0.1) is 0 Å². The first-order valence-electron chi connectivity index (χ1n) is 7.21. The van der Waals surface area contributed by atoms with E-state index >= 15 is 0 Å². The molecule has 1 aromatic rings. The van der Waals surface area contributed by atoms with E-state index in [1.54, 1.807) is 4.90 Å². The minimum absolute atomic E-state index is 0.0115. The summed E-state index contributed by atoms with van der Waals surface area (Å²) in [6, 6.07) is 9.22. The summed E-state index contributed by atoms with van der Waals surface area (Å²) in [4.78, 5) is 25.5. The lowest BCUT2D eigenvalue weighted by atomic mass is 10.0. The topological polar surface area (TPSA) is 55.8 Å². The van der Waals surface area contributed by atoms with Gasteiger partial charge >= 0.3 is 5.97 Å². The number of nitrogens with zero attached hydrogens (tertiary/aromatic N) is 1. The quantitative estimate of drug-likeness (QED) is 0.776. The lowest BCUT2D eigenvalue weighted by Crippen LogP contribution is -2.49. The van der Waals surface area contributed by atoms with Crippen LogP contribution in [-0.2, 0) is 25.7 Å². The summed E-state index contributed by atoms with van der Waals surface area (Å²) in [6.45, 7) is 0.971. The average molecular weight is 291 g/mol. The van der Waals surface area contributed by atoms with Gasteiger partial charge in [-0.1, -0.05) is 30.3 Å². The molecule has 1 aliphatic heterocycles. The number of hydrogen-bond acceptors (Lipinski definition) is 4. The van der Waals surface area contributed by atoms with Crippen LogP contribution < -0.4 is 0 Å². The van der Waals surface area contributed by atoms with E-state index < -0.39 is 6.04 Å². The zero-order valence-corrected chi connectivity index (χ0v) is 12.3. The molecular weight excluding hydrogens is 270 g/mol. The van der Waals surface area contributed by atoms with Crippen molar-refractivity contribution in [2.45, 2.75) is 31.9 Å². The molecule has 1 fully saturated rings. The first-order valence-corrected chi connectivity index (χ1v) is 7.21. The zero-order chi connectivity index (χ0) is 15.1. The second-order valence-electron chi connectivity index (χ2n) is 5.10. The van der Waals surface area contributed by atoms with E-state index in [9.17, 15) is 9.59 Å². The van der Waals surface area contributed by atoms with Crippen molar-refractivity contribution >= 4 is 11.9 Å². The van der Waals surface area contributed by atoms with E-state index in [-0.39, 0.29) is 18.5 Å². The number of carbonyl (C=O) groups excluding carboxylic acids is 2. The highest BCUT2D eigenvalue weighted by atomic mass is 16.5. The second-order valence-corrected chi connectivity index (χ2v) is 5.10. The molecule has 0 N–H and O–H groups in total. The number of piperidine rings is 1. The van der Waals surface area contributed by atoms with Crippen LogP contribution in [0.25, 0.3) is 0 Å². The number of esters is 1. The molecule has 1 saturated heterocycles. The maximum atomic E-state index is 12.2. The number of methoxy groups -OCH3 is 1. The molecule has 5 heteroatoms. The normalized spacial score (nSPS) is 18.3. The molecule has 114 valence electrons. The summed E-state index contributed by atoms with van der Waals surface area (Å²) in [6.07, 6.45) is 2.52. The Balaban J connectivity index is 1.84. The lowest BCUT2D eigenvalue weighted by molar-refractivity contribution is -0.156. The summed E-state index contributed by atoms with van der Waals surface area (Å²) in [7, 11) is 1.35. The highest BCUT2D eigenvalue weighted by molar-refractivity contribution is 5.85. The van der Waals surface area contributed by atoms with Gasteiger partial charge in [0.25, 0.3) is 0 Å². The smallest absolute Gasteiger partial charge is 0.328 e. The van der Waals surface area contributed by atoms with Gasteiger partial charge in [-0.05, 0) is 24.8 Å². The van der Waals surface area contributed by atoms with E-state index in [4.69, 9.17) is 9.47 Å². The van der Waals surface area contributed by atoms with E-state index in [1.165, 1.54) is 7.11 Å². The van der Waals surface area contributed by atoms with Crippen LogP contribution in [-0.4, -0.2) is 43.1 Å². The first kappa shape index (κ1) is 15.5. The monoisotopic (exact) mass is 291 g/mol. The lowest BCUT2D eigenvalue weighted by Gasteiger charge is -2.33. The maximum Gasteiger partial charge on any atom is 0.328 e. The molecule has 0 aliphatic carbocycles. The molecular formula is C16H21NO4. The molecule has 1 amide bonds. The van der Waals surface area contributed by atoms with Crippen molar-refractivity contribution in [2.75, 3.05) is 20.3 Å². The molecule has 0 spiro atoms. The van der Waals surface area contributed by atoms with E-state index in [0.29, 0.717) is 19.6 Å². The van der Waals surface area contributed by atoms with E-state index in [0.717, 1.165) is 18.4 Å². The molecule has 2 rings (SSSR count).